The van der Waals surface area contributed by atoms with Crippen molar-refractivity contribution in [3.05, 3.63) is 64.8 Å². The lowest BCUT2D eigenvalue weighted by Gasteiger charge is -2.19. The van der Waals surface area contributed by atoms with Crippen LogP contribution in [-0.2, 0) is 11.8 Å². The van der Waals surface area contributed by atoms with Crippen LogP contribution in [0.1, 0.15) is 48.0 Å². The normalized spacial score (nSPS) is 11.7. The molecular weight excluding hydrogens is 314 g/mol. The monoisotopic (exact) mass is 337 g/mol. The second-order valence-corrected chi connectivity index (χ2v) is 7.32. The molecule has 0 unspecified atom stereocenters. The second-order valence-electron chi connectivity index (χ2n) is 7.32. The quantitative estimate of drug-likeness (QED) is 0.721. The van der Waals surface area contributed by atoms with Gasteiger partial charge in [0.2, 0.25) is 0 Å². The summed E-state index contributed by atoms with van der Waals surface area (Å²) in [6.07, 6.45) is 0.681. The van der Waals surface area contributed by atoms with E-state index in [4.69, 9.17) is 4.74 Å². The molecule has 25 heavy (non-hydrogen) atoms. The minimum absolute atomic E-state index is 0.0496. The average Bonchev–Trinajstić information content (AvgIpc) is 2.93. The van der Waals surface area contributed by atoms with E-state index < -0.39 is 5.97 Å². The van der Waals surface area contributed by atoms with Crippen molar-refractivity contribution in [1.82, 2.24) is 4.98 Å². The molecule has 0 atom stereocenters. The van der Waals surface area contributed by atoms with Crippen LogP contribution in [-0.4, -0.2) is 23.2 Å². The Morgan fingerprint density at radius 1 is 1.16 bits per heavy atom. The van der Waals surface area contributed by atoms with E-state index in [0.29, 0.717) is 12.0 Å². The van der Waals surface area contributed by atoms with E-state index in [0.717, 1.165) is 27.9 Å². The van der Waals surface area contributed by atoms with Crippen LogP contribution in [0.3, 0.4) is 0 Å². The molecule has 0 saturated heterocycles. The molecule has 0 aliphatic carbocycles. The molecule has 0 amide bonds. The Hall–Kier alpha value is -2.75. The van der Waals surface area contributed by atoms with Crippen molar-refractivity contribution in [2.75, 3.05) is 7.11 Å². The number of methoxy groups -OCH3 is 1. The van der Waals surface area contributed by atoms with Gasteiger partial charge >= 0.3 is 5.97 Å². The number of carboxylic acids is 1. The fraction of sp³-hybridized carbons (Fsp3) is 0.286. The molecule has 0 saturated carbocycles. The number of hydrogen-bond donors (Lipinski definition) is 2. The van der Waals surface area contributed by atoms with Crippen molar-refractivity contribution in [3.63, 3.8) is 0 Å². The van der Waals surface area contributed by atoms with E-state index in [2.05, 4.69) is 31.8 Å². The van der Waals surface area contributed by atoms with Crippen molar-refractivity contribution in [2.24, 2.45) is 0 Å². The summed E-state index contributed by atoms with van der Waals surface area (Å²) in [5.74, 6) is -0.0878. The number of nitrogens with one attached hydrogen (secondary N) is 1. The summed E-state index contributed by atoms with van der Waals surface area (Å²) in [7, 11) is 1.66. The van der Waals surface area contributed by atoms with Gasteiger partial charge in [-0.1, -0.05) is 32.9 Å². The minimum atomic E-state index is -0.901. The largest absolute Gasteiger partial charge is 0.497 e. The van der Waals surface area contributed by atoms with Gasteiger partial charge in [0.15, 0.2) is 0 Å². The first kappa shape index (κ1) is 17.1. The molecule has 0 radical (unpaired) electrons. The van der Waals surface area contributed by atoms with Crippen LogP contribution in [0.15, 0.2) is 42.5 Å². The molecule has 2 aromatic carbocycles. The number of hydrogen-bond acceptors (Lipinski definition) is 2. The summed E-state index contributed by atoms with van der Waals surface area (Å²) in [6.45, 7) is 6.52. The van der Waals surface area contributed by atoms with Gasteiger partial charge in [0, 0.05) is 28.1 Å². The summed E-state index contributed by atoms with van der Waals surface area (Å²) in [5.41, 5.74) is 4.66. The minimum Gasteiger partial charge on any atom is -0.497 e. The van der Waals surface area contributed by atoms with Gasteiger partial charge in [-0.05, 0) is 41.8 Å². The number of ether oxygens (including phenoxy) is 1. The van der Waals surface area contributed by atoms with Crippen LogP contribution in [0.5, 0.6) is 5.75 Å². The predicted molar refractivity (Wildman–Crippen MR) is 99.8 cm³/mol. The Morgan fingerprint density at radius 2 is 1.92 bits per heavy atom. The van der Waals surface area contributed by atoms with Gasteiger partial charge in [-0.15, -0.1) is 0 Å². The number of benzene rings is 2. The van der Waals surface area contributed by atoms with Crippen molar-refractivity contribution in [1.29, 1.82) is 0 Å². The molecule has 0 aliphatic heterocycles. The molecule has 2 N–H and O–H groups in total. The number of carbonyl (C=O) groups is 1. The lowest BCUT2D eigenvalue weighted by atomic mass is 9.86. The highest BCUT2D eigenvalue weighted by molar-refractivity contribution is 5.88. The highest BCUT2D eigenvalue weighted by Gasteiger charge is 2.23. The smallest absolute Gasteiger partial charge is 0.335 e. The second kappa shape index (κ2) is 6.28. The van der Waals surface area contributed by atoms with Gasteiger partial charge in [-0.2, -0.15) is 0 Å². The van der Waals surface area contributed by atoms with Crippen LogP contribution in [0.25, 0.3) is 10.9 Å². The Labute approximate surface area is 147 Å². The molecular formula is C21H23NO3. The summed E-state index contributed by atoms with van der Waals surface area (Å²) in [6, 6.07) is 13.2. The van der Waals surface area contributed by atoms with Crippen LogP contribution < -0.4 is 4.74 Å². The van der Waals surface area contributed by atoms with Crippen molar-refractivity contribution < 1.29 is 14.6 Å². The number of aromatic amines is 1. The van der Waals surface area contributed by atoms with E-state index in [1.165, 1.54) is 5.56 Å². The fourth-order valence-electron chi connectivity index (χ4n) is 3.20. The Morgan fingerprint density at radius 3 is 2.56 bits per heavy atom. The third-order valence-corrected chi connectivity index (χ3v) is 4.42. The van der Waals surface area contributed by atoms with Crippen LogP contribution >= 0.6 is 0 Å². The third-order valence-electron chi connectivity index (χ3n) is 4.42. The molecule has 3 rings (SSSR count). The molecule has 1 heterocycles. The molecule has 0 fully saturated rings. The van der Waals surface area contributed by atoms with Gasteiger partial charge in [0.25, 0.3) is 0 Å². The molecule has 4 nitrogen and oxygen atoms in total. The molecule has 4 heteroatoms. The van der Waals surface area contributed by atoms with Gasteiger partial charge in [-0.25, -0.2) is 4.79 Å². The number of aromatic nitrogens is 1. The molecule has 1 aromatic heterocycles. The van der Waals surface area contributed by atoms with Crippen molar-refractivity contribution in [3.8, 4) is 5.75 Å². The molecule has 0 bridgehead atoms. The van der Waals surface area contributed by atoms with E-state index in [1.54, 1.807) is 25.3 Å². The number of rotatable bonds is 4. The van der Waals surface area contributed by atoms with Gasteiger partial charge in [0.1, 0.15) is 5.75 Å². The standard InChI is InChI=1S/C21H23NO3/c1-21(2,3)19-17(11-13-6-5-7-14(10-13)20(23)24)16-9-8-15(25-4)12-18(16)22-19/h5-10,12,22H,11H2,1-4H3,(H,23,24). The number of H-pyrrole nitrogens is 1. The van der Waals surface area contributed by atoms with E-state index >= 15 is 0 Å². The van der Waals surface area contributed by atoms with E-state index in [9.17, 15) is 9.90 Å². The maximum atomic E-state index is 11.2. The maximum absolute atomic E-state index is 11.2. The van der Waals surface area contributed by atoms with E-state index in [1.807, 2.05) is 18.2 Å². The van der Waals surface area contributed by atoms with Gasteiger partial charge < -0.3 is 14.8 Å². The van der Waals surface area contributed by atoms with E-state index in [-0.39, 0.29) is 5.41 Å². The summed E-state index contributed by atoms with van der Waals surface area (Å²) in [4.78, 5) is 14.8. The molecule has 130 valence electrons. The number of aromatic carboxylic acids is 1. The maximum Gasteiger partial charge on any atom is 0.335 e. The fourth-order valence-corrected chi connectivity index (χ4v) is 3.20. The van der Waals surface area contributed by atoms with Crippen LogP contribution in [0.4, 0.5) is 0 Å². The zero-order valence-corrected chi connectivity index (χ0v) is 15.0. The van der Waals surface area contributed by atoms with Crippen molar-refractivity contribution in [2.45, 2.75) is 32.6 Å². The van der Waals surface area contributed by atoms with Gasteiger partial charge in [0.05, 0.1) is 12.7 Å². The zero-order valence-electron chi connectivity index (χ0n) is 15.0. The van der Waals surface area contributed by atoms with Crippen LogP contribution in [0, 0.1) is 0 Å². The first-order valence-electron chi connectivity index (χ1n) is 8.31. The van der Waals surface area contributed by atoms with Crippen LogP contribution in [0.2, 0.25) is 0 Å². The summed E-state index contributed by atoms with van der Waals surface area (Å²) >= 11 is 0. The third kappa shape index (κ3) is 3.38. The Kier molecular flexibility index (Phi) is 4.29. The SMILES string of the molecule is COc1ccc2c(Cc3cccc(C(=O)O)c3)c(C(C)(C)C)[nH]c2c1. The Balaban J connectivity index is 2.13. The number of fused-ring (bicyclic) bond motifs is 1. The highest BCUT2D eigenvalue weighted by atomic mass is 16.5. The summed E-state index contributed by atoms with van der Waals surface area (Å²) in [5, 5.41) is 10.4. The van der Waals surface area contributed by atoms with Crippen molar-refractivity contribution >= 4 is 16.9 Å². The Bertz CT molecular complexity index is 932. The summed E-state index contributed by atoms with van der Waals surface area (Å²) < 4.78 is 5.33. The lowest BCUT2D eigenvalue weighted by molar-refractivity contribution is 0.0696. The highest BCUT2D eigenvalue weighted by Crippen LogP contribution is 2.34. The zero-order chi connectivity index (χ0) is 18.2. The molecule has 0 aliphatic rings. The molecule has 0 spiro atoms. The van der Waals surface area contributed by atoms with Gasteiger partial charge in [-0.3, -0.25) is 0 Å². The first-order chi connectivity index (χ1) is 11.8. The first-order valence-corrected chi connectivity index (χ1v) is 8.31. The average molecular weight is 337 g/mol. The number of carboxylic acid groups (broad SMARTS) is 1. The lowest BCUT2D eigenvalue weighted by Crippen LogP contribution is -2.14. The molecule has 3 aromatic rings. The predicted octanol–water partition coefficient (Wildman–Crippen LogP) is 4.76. The topological polar surface area (TPSA) is 62.3 Å².